The number of halogens is 1. The number of likely N-dealkylation sites (tertiary alicyclic amines) is 1. The van der Waals surface area contributed by atoms with Crippen LogP contribution < -0.4 is 4.74 Å². The van der Waals surface area contributed by atoms with Gasteiger partial charge in [-0.25, -0.2) is 14.0 Å². The lowest BCUT2D eigenvalue weighted by atomic mass is 9.91. The number of hydrogen-bond acceptors (Lipinski definition) is 7. The van der Waals surface area contributed by atoms with E-state index >= 15 is 4.39 Å². The van der Waals surface area contributed by atoms with E-state index in [1.54, 1.807) is 56.1 Å². The van der Waals surface area contributed by atoms with Crippen molar-refractivity contribution in [1.29, 1.82) is 0 Å². The first-order chi connectivity index (χ1) is 19.0. The topological polar surface area (TPSA) is 79.2 Å². The Morgan fingerprint density at radius 2 is 1.82 bits per heavy atom. The van der Waals surface area contributed by atoms with Crippen LogP contribution in [-0.2, 0) is 14.2 Å². The number of carbonyl (C=O) groups is 2. The first kappa shape index (κ1) is 29.6. The zero-order valence-electron chi connectivity index (χ0n) is 24.3. The standard InChI is InChI=1S/C31H39FN2O6/c1-8-39-22-13-15-33(24(18-22)20-9-11-21(12-10-20)29(35)38-7)28(32)26-23-14-16-34(30(36)40-31(3,4)5)27(23)19(2)17-25(26)37-6/h9-12,14,16-17,22,24,28H,8,13,15,18H2,1-7H3/t22-,24+,28?/m1/s1. The number of benzene rings is 2. The van der Waals surface area contributed by atoms with Crippen LogP contribution >= 0.6 is 0 Å². The molecule has 216 valence electrons. The lowest BCUT2D eigenvalue weighted by Gasteiger charge is -2.41. The molecule has 9 heteroatoms. The van der Waals surface area contributed by atoms with Crippen LogP contribution in [0.4, 0.5) is 9.18 Å². The Morgan fingerprint density at radius 1 is 1.12 bits per heavy atom. The van der Waals surface area contributed by atoms with Crippen molar-refractivity contribution in [3.63, 3.8) is 0 Å². The molecule has 1 aromatic heterocycles. The highest BCUT2D eigenvalue weighted by molar-refractivity contribution is 5.95. The molecule has 1 saturated heterocycles. The number of piperidine rings is 1. The highest BCUT2D eigenvalue weighted by Gasteiger charge is 2.38. The van der Waals surface area contributed by atoms with Crippen LogP contribution in [0.25, 0.3) is 10.9 Å². The van der Waals surface area contributed by atoms with Gasteiger partial charge in [-0.05, 0) is 82.9 Å². The number of ether oxygens (including phenoxy) is 4. The third kappa shape index (κ3) is 6.00. The first-order valence-corrected chi connectivity index (χ1v) is 13.6. The number of fused-ring (bicyclic) bond motifs is 1. The second-order valence-electron chi connectivity index (χ2n) is 11.0. The molecule has 0 spiro atoms. The van der Waals surface area contributed by atoms with E-state index in [-0.39, 0.29) is 12.1 Å². The molecule has 3 aromatic rings. The van der Waals surface area contributed by atoms with Gasteiger partial charge in [0.2, 0.25) is 0 Å². The molecule has 0 amide bonds. The first-order valence-electron chi connectivity index (χ1n) is 13.6. The molecule has 0 bridgehead atoms. The largest absolute Gasteiger partial charge is 0.496 e. The van der Waals surface area contributed by atoms with Crippen molar-refractivity contribution in [1.82, 2.24) is 9.47 Å². The van der Waals surface area contributed by atoms with Crippen LogP contribution in [-0.4, -0.2) is 60.6 Å². The summed E-state index contributed by atoms with van der Waals surface area (Å²) in [5.41, 5.74) is 2.32. The Morgan fingerprint density at radius 3 is 2.42 bits per heavy atom. The van der Waals surface area contributed by atoms with E-state index in [1.807, 2.05) is 26.0 Å². The van der Waals surface area contributed by atoms with E-state index in [4.69, 9.17) is 18.9 Å². The molecular weight excluding hydrogens is 515 g/mol. The van der Waals surface area contributed by atoms with Gasteiger partial charge in [0.25, 0.3) is 0 Å². The number of aryl methyl sites for hydroxylation is 1. The fourth-order valence-corrected chi connectivity index (χ4v) is 5.47. The Balaban J connectivity index is 1.78. The van der Waals surface area contributed by atoms with Gasteiger partial charge in [0.05, 0.1) is 37.0 Å². The van der Waals surface area contributed by atoms with Gasteiger partial charge in [-0.15, -0.1) is 0 Å². The number of hydrogen-bond donors (Lipinski definition) is 0. The van der Waals surface area contributed by atoms with Gasteiger partial charge in [-0.3, -0.25) is 9.47 Å². The summed E-state index contributed by atoms with van der Waals surface area (Å²) in [6.45, 7) is 10.2. The van der Waals surface area contributed by atoms with Gasteiger partial charge in [-0.2, -0.15) is 0 Å². The number of rotatable bonds is 7. The summed E-state index contributed by atoms with van der Waals surface area (Å²) < 4.78 is 40.4. The third-order valence-electron chi connectivity index (χ3n) is 7.22. The highest BCUT2D eigenvalue weighted by Crippen LogP contribution is 2.45. The number of nitrogens with zero attached hydrogens (tertiary/aromatic N) is 2. The van der Waals surface area contributed by atoms with Crippen molar-refractivity contribution < 1.29 is 32.9 Å². The molecule has 40 heavy (non-hydrogen) atoms. The molecule has 2 aromatic carbocycles. The maximum atomic E-state index is 16.9. The number of alkyl halides is 1. The Hall–Kier alpha value is -3.43. The van der Waals surface area contributed by atoms with Crippen molar-refractivity contribution in [2.45, 2.75) is 71.5 Å². The minimum absolute atomic E-state index is 0.0214. The predicted molar refractivity (Wildman–Crippen MR) is 151 cm³/mol. The summed E-state index contributed by atoms with van der Waals surface area (Å²) in [5.74, 6) is -0.0185. The number of aromatic nitrogens is 1. The van der Waals surface area contributed by atoms with Crippen molar-refractivity contribution in [3.8, 4) is 5.75 Å². The highest BCUT2D eigenvalue weighted by atomic mass is 19.1. The van der Waals surface area contributed by atoms with Crippen molar-refractivity contribution >= 4 is 23.0 Å². The fourth-order valence-electron chi connectivity index (χ4n) is 5.47. The summed E-state index contributed by atoms with van der Waals surface area (Å²) in [7, 11) is 2.86. The summed E-state index contributed by atoms with van der Waals surface area (Å²) in [4.78, 5) is 26.8. The van der Waals surface area contributed by atoms with Gasteiger partial charge in [0, 0.05) is 30.8 Å². The van der Waals surface area contributed by atoms with Crippen LogP contribution in [0.5, 0.6) is 5.75 Å². The summed E-state index contributed by atoms with van der Waals surface area (Å²) in [6.07, 6.45) is 0.778. The van der Waals surface area contributed by atoms with Crippen LogP contribution in [0.2, 0.25) is 0 Å². The minimum Gasteiger partial charge on any atom is -0.496 e. The van der Waals surface area contributed by atoms with E-state index in [0.717, 1.165) is 11.1 Å². The smallest absolute Gasteiger partial charge is 0.419 e. The summed E-state index contributed by atoms with van der Waals surface area (Å²) >= 11 is 0. The molecule has 3 atom stereocenters. The molecular formula is C31H39FN2O6. The molecule has 1 aliphatic rings. The number of carbonyl (C=O) groups excluding carboxylic acids is 2. The molecule has 1 unspecified atom stereocenters. The quantitative estimate of drug-likeness (QED) is 0.236. The average Bonchev–Trinajstić information content (AvgIpc) is 3.37. The van der Waals surface area contributed by atoms with Crippen LogP contribution in [0, 0.1) is 6.92 Å². The van der Waals surface area contributed by atoms with E-state index in [0.29, 0.717) is 53.8 Å². The van der Waals surface area contributed by atoms with E-state index in [1.165, 1.54) is 18.8 Å². The summed E-state index contributed by atoms with van der Waals surface area (Å²) in [5, 5.41) is 0.585. The fraction of sp³-hybridized carbons (Fsp3) is 0.484. The molecule has 1 fully saturated rings. The zero-order valence-corrected chi connectivity index (χ0v) is 24.3. The molecule has 8 nitrogen and oxygen atoms in total. The van der Waals surface area contributed by atoms with Crippen molar-refractivity contribution in [2.24, 2.45) is 0 Å². The Kier molecular flexibility index (Phi) is 8.85. The van der Waals surface area contributed by atoms with E-state index in [2.05, 4.69) is 0 Å². The molecule has 0 saturated carbocycles. The molecule has 2 heterocycles. The van der Waals surface area contributed by atoms with Crippen LogP contribution in [0.1, 0.15) is 79.9 Å². The summed E-state index contributed by atoms with van der Waals surface area (Å²) in [6, 6.07) is 10.3. The average molecular weight is 555 g/mol. The predicted octanol–water partition coefficient (Wildman–Crippen LogP) is 6.74. The number of methoxy groups -OCH3 is 2. The Labute approximate surface area is 234 Å². The SMILES string of the molecule is CCO[C@@H]1CCN(C(F)c2c(OC)cc(C)c3c2ccn3C(=O)OC(C)(C)C)[C@H](c2ccc(C(=O)OC)cc2)C1. The van der Waals surface area contributed by atoms with Gasteiger partial charge in [-0.1, -0.05) is 12.1 Å². The molecule has 0 radical (unpaired) electrons. The van der Waals surface area contributed by atoms with Gasteiger partial charge >= 0.3 is 12.1 Å². The molecule has 0 N–H and O–H groups in total. The zero-order chi connectivity index (χ0) is 29.2. The normalized spacial score (nSPS) is 18.9. The minimum atomic E-state index is -1.54. The molecule has 1 aliphatic heterocycles. The van der Waals surface area contributed by atoms with Gasteiger partial charge in [0.1, 0.15) is 11.4 Å². The van der Waals surface area contributed by atoms with Crippen molar-refractivity contribution in [3.05, 3.63) is 64.8 Å². The maximum Gasteiger partial charge on any atom is 0.419 e. The maximum absolute atomic E-state index is 16.9. The van der Waals surface area contributed by atoms with Crippen LogP contribution in [0.3, 0.4) is 0 Å². The second kappa shape index (κ2) is 12.0. The Bertz CT molecular complexity index is 1360. The molecule has 0 aliphatic carbocycles. The lowest BCUT2D eigenvalue weighted by Crippen LogP contribution is -2.41. The van der Waals surface area contributed by atoms with E-state index in [9.17, 15) is 9.59 Å². The van der Waals surface area contributed by atoms with Gasteiger partial charge in [0.15, 0.2) is 6.30 Å². The second-order valence-corrected chi connectivity index (χ2v) is 11.0. The lowest BCUT2D eigenvalue weighted by molar-refractivity contribution is -0.0533. The number of esters is 1. The van der Waals surface area contributed by atoms with Crippen LogP contribution in [0.15, 0.2) is 42.6 Å². The molecule has 4 rings (SSSR count). The van der Waals surface area contributed by atoms with E-state index < -0.39 is 24.0 Å². The van der Waals surface area contributed by atoms with Gasteiger partial charge < -0.3 is 18.9 Å². The van der Waals surface area contributed by atoms with Crippen molar-refractivity contribution in [2.75, 3.05) is 27.4 Å². The third-order valence-corrected chi connectivity index (χ3v) is 7.22. The monoisotopic (exact) mass is 554 g/mol.